The summed E-state index contributed by atoms with van der Waals surface area (Å²) in [5.41, 5.74) is 6.11. The highest BCUT2D eigenvalue weighted by Gasteiger charge is 2.15. The molecule has 0 aliphatic carbocycles. The van der Waals surface area contributed by atoms with E-state index in [0.717, 1.165) is 17.7 Å². The Morgan fingerprint density at radius 3 is 2.57 bits per heavy atom. The predicted octanol–water partition coefficient (Wildman–Crippen LogP) is 4.31. The Bertz CT molecular complexity index is 692. The molecule has 0 aliphatic rings. The van der Waals surface area contributed by atoms with Crippen LogP contribution in [0.25, 0.3) is 0 Å². The highest BCUT2D eigenvalue weighted by molar-refractivity contribution is 9.10. The average molecular weight is 355 g/mol. The Morgan fingerprint density at radius 2 is 2.05 bits per heavy atom. The Balaban J connectivity index is 2.26. The fourth-order valence-corrected chi connectivity index (χ4v) is 2.19. The third kappa shape index (κ3) is 3.56. The van der Waals surface area contributed by atoms with E-state index in [9.17, 15) is 14.5 Å². The smallest absolute Gasteiger partial charge is 0.305 e. The summed E-state index contributed by atoms with van der Waals surface area (Å²) < 4.78 is 19.7. The third-order valence-electron chi connectivity index (χ3n) is 2.83. The maximum Gasteiger partial charge on any atom is 0.305 e. The summed E-state index contributed by atoms with van der Waals surface area (Å²) >= 11 is 3.35. The van der Waals surface area contributed by atoms with Gasteiger partial charge in [0.15, 0.2) is 0 Å². The van der Waals surface area contributed by atoms with Crippen LogP contribution in [0.15, 0.2) is 40.9 Å². The second-order valence-electron chi connectivity index (χ2n) is 4.45. The largest absolute Gasteiger partial charge is 0.456 e. The molecule has 7 heteroatoms. The summed E-state index contributed by atoms with van der Waals surface area (Å²) in [4.78, 5) is 9.77. The molecule has 2 N–H and O–H groups in total. The van der Waals surface area contributed by atoms with Crippen LogP contribution >= 0.6 is 15.9 Å². The van der Waals surface area contributed by atoms with E-state index < -0.39 is 16.4 Å². The second kappa shape index (κ2) is 6.19. The number of nitro groups is 1. The molecule has 5 nitrogen and oxygen atoms in total. The van der Waals surface area contributed by atoms with Crippen LogP contribution in [0.2, 0.25) is 0 Å². The summed E-state index contributed by atoms with van der Waals surface area (Å²) in [6.07, 6.45) is 0. The Kier molecular flexibility index (Phi) is 4.54. The molecule has 0 saturated heterocycles. The van der Waals surface area contributed by atoms with Crippen molar-refractivity contribution < 1.29 is 14.1 Å². The van der Waals surface area contributed by atoms with Crippen molar-refractivity contribution in [3.63, 3.8) is 0 Å². The molecule has 0 heterocycles. The van der Waals surface area contributed by atoms with Gasteiger partial charge >= 0.3 is 5.69 Å². The normalized spacial score (nSPS) is 12.0. The van der Waals surface area contributed by atoms with Gasteiger partial charge in [0.25, 0.3) is 0 Å². The van der Waals surface area contributed by atoms with Crippen LogP contribution in [0.1, 0.15) is 18.5 Å². The Hall–Kier alpha value is -1.99. The zero-order valence-corrected chi connectivity index (χ0v) is 12.6. The molecule has 1 atom stereocenters. The van der Waals surface area contributed by atoms with E-state index in [2.05, 4.69) is 15.9 Å². The van der Waals surface area contributed by atoms with Gasteiger partial charge in [0.05, 0.1) is 9.40 Å². The molecule has 0 aliphatic heterocycles. The molecule has 0 fully saturated rings. The number of ether oxygens (including phenoxy) is 1. The summed E-state index contributed by atoms with van der Waals surface area (Å²) in [6, 6.07) is 8.56. The van der Waals surface area contributed by atoms with Crippen LogP contribution in [0.3, 0.4) is 0 Å². The lowest BCUT2D eigenvalue weighted by Crippen LogP contribution is -2.04. The highest BCUT2D eigenvalue weighted by atomic mass is 79.9. The van der Waals surface area contributed by atoms with Gasteiger partial charge in [-0.3, -0.25) is 10.1 Å². The van der Waals surface area contributed by atoms with Crippen LogP contribution in [0.5, 0.6) is 11.5 Å². The lowest BCUT2D eigenvalue weighted by Gasteiger charge is -2.11. The number of nitrogens with two attached hydrogens (primary N) is 1. The van der Waals surface area contributed by atoms with Gasteiger partial charge in [-0.2, -0.15) is 4.39 Å². The number of benzene rings is 2. The third-order valence-corrected chi connectivity index (χ3v) is 3.45. The van der Waals surface area contributed by atoms with Crippen molar-refractivity contribution in [1.29, 1.82) is 0 Å². The number of hydrogen-bond acceptors (Lipinski definition) is 4. The van der Waals surface area contributed by atoms with Gasteiger partial charge in [0, 0.05) is 18.2 Å². The average Bonchev–Trinajstić information content (AvgIpc) is 2.40. The first-order valence-electron chi connectivity index (χ1n) is 6.05. The highest BCUT2D eigenvalue weighted by Crippen LogP contribution is 2.33. The minimum absolute atomic E-state index is 0.118. The van der Waals surface area contributed by atoms with Gasteiger partial charge in [-0.15, -0.1) is 0 Å². The van der Waals surface area contributed by atoms with Gasteiger partial charge in [-0.1, -0.05) is 6.07 Å². The number of nitro benzene ring substituents is 1. The van der Waals surface area contributed by atoms with E-state index in [1.54, 1.807) is 12.1 Å². The van der Waals surface area contributed by atoms with E-state index in [4.69, 9.17) is 10.5 Å². The summed E-state index contributed by atoms with van der Waals surface area (Å²) in [6.45, 7) is 1.86. The van der Waals surface area contributed by atoms with E-state index >= 15 is 0 Å². The monoisotopic (exact) mass is 354 g/mol. The zero-order chi connectivity index (χ0) is 15.6. The van der Waals surface area contributed by atoms with E-state index in [1.165, 1.54) is 6.07 Å². The van der Waals surface area contributed by atoms with Crippen molar-refractivity contribution in [2.75, 3.05) is 0 Å². The summed E-state index contributed by atoms with van der Waals surface area (Å²) in [5.74, 6) is -0.305. The van der Waals surface area contributed by atoms with Crippen LogP contribution in [0.4, 0.5) is 10.1 Å². The van der Waals surface area contributed by atoms with Gasteiger partial charge < -0.3 is 10.5 Å². The van der Waals surface area contributed by atoms with Crippen LogP contribution < -0.4 is 10.5 Å². The van der Waals surface area contributed by atoms with Crippen molar-refractivity contribution in [3.8, 4) is 11.5 Å². The van der Waals surface area contributed by atoms with Gasteiger partial charge in [0.2, 0.25) is 5.82 Å². The molecule has 110 valence electrons. The first-order chi connectivity index (χ1) is 9.88. The molecule has 0 aromatic heterocycles. The number of hydrogen-bond donors (Lipinski definition) is 1. The minimum atomic E-state index is -0.944. The fraction of sp³-hybridized carbons (Fsp3) is 0.143. The SMILES string of the molecule is C[C@@H](N)c1ccc(Oc2ccc([N+](=O)[O-])c(F)c2)c(Br)c1. The number of halogens is 2. The topological polar surface area (TPSA) is 78.4 Å². The molecular formula is C14H12BrFN2O3. The van der Waals surface area contributed by atoms with Crippen molar-refractivity contribution in [2.45, 2.75) is 13.0 Å². The number of nitrogens with zero attached hydrogens (tertiary/aromatic N) is 1. The maximum atomic E-state index is 13.5. The summed E-state index contributed by atoms with van der Waals surface area (Å²) in [7, 11) is 0. The van der Waals surface area contributed by atoms with E-state index in [1.807, 2.05) is 13.0 Å². The van der Waals surface area contributed by atoms with E-state index in [-0.39, 0.29) is 11.8 Å². The van der Waals surface area contributed by atoms with Crippen LogP contribution in [-0.2, 0) is 0 Å². The summed E-state index contributed by atoms with van der Waals surface area (Å²) in [5, 5.41) is 10.6. The fourth-order valence-electron chi connectivity index (χ4n) is 1.71. The Labute approximate surface area is 128 Å². The van der Waals surface area contributed by atoms with Crippen LogP contribution in [-0.4, -0.2) is 4.92 Å². The molecule has 0 saturated carbocycles. The molecule has 0 amide bonds. The van der Waals surface area contributed by atoms with E-state index in [0.29, 0.717) is 10.2 Å². The van der Waals surface area contributed by atoms with Gasteiger partial charge in [-0.05, 0) is 46.6 Å². The molecule has 0 radical (unpaired) electrons. The molecule has 0 spiro atoms. The molecule has 2 aromatic carbocycles. The van der Waals surface area contributed by atoms with Crippen molar-refractivity contribution >= 4 is 21.6 Å². The van der Waals surface area contributed by atoms with Gasteiger partial charge in [-0.25, -0.2) is 0 Å². The van der Waals surface area contributed by atoms with Crippen molar-refractivity contribution in [2.24, 2.45) is 5.73 Å². The lowest BCUT2D eigenvalue weighted by molar-refractivity contribution is -0.387. The zero-order valence-electron chi connectivity index (χ0n) is 11.0. The molecule has 0 unspecified atom stereocenters. The molecule has 21 heavy (non-hydrogen) atoms. The van der Waals surface area contributed by atoms with Crippen molar-refractivity contribution in [3.05, 3.63) is 62.4 Å². The first kappa shape index (κ1) is 15.4. The second-order valence-corrected chi connectivity index (χ2v) is 5.31. The molecule has 2 rings (SSSR count). The predicted molar refractivity (Wildman–Crippen MR) is 79.9 cm³/mol. The molecular weight excluding hydrogens is 343 g/mol. The van der Waals surface area contributed by atoms with Crippen LogP contribution in [0, 0.1) is 15.9 Å². The number of rotatable bonds is 4. The molecule has 0 bridgehead atoms. The standard InChI is InChI=1S/C14H12BrFN2O3/c1-8(17)9-2-5-14(11(15)6-9)21-10-3-4-13(18(19)20)12(16)7-10/h2-8H,17H2,1H3/t8-/m1/s1. The van der Waals surface area contributed by atoms with Gasteiger partial charge in [0.1, 0.15) is 11.5 Å². The quantitative estimate of drug-likeness (QED) is 0.655. The first-order valence-corrected chi connectivity index (χ1v) is 6.84. The molecule has 2 aromatic rings. The Morgan fingerprint density at radius 1 is 1.33 bits per heavy atom. The minimum Gasteiger partial charge on any atom is -0.456 e. The lowest BCUT2D eigenvalue weighted by atomic mass is 10.1. The maximum absolute atomic E-state index is 13.5. The van der Waals surface area contributed by atoms with Crippen molar-refractivity contribution in [1.82, 2.24) is 0 Å².